The first-order valence-electron chi connectivity index (χ1n) is 11.3. The third-order valence-corrected chi connectivity index (χ3v) is 6.06. The normalized spacial score (nSPS) is 17.3. The van der Waals surface area contributed by atoms with E-state index in [1.54, 1.807) is 11.0 Å². The van der Waals surface area contributed by atoms with Crippen molar-refractivity contribution >= 4 is 29.1 Å². The molecular formula is C25H30N4O3. The largest absolute Gasteiger partial charge is 0.369 e. The molecule has 0 saturated heterocycles. The van der Waals surface area contributed by atoms with E-state index in [0.717, 1.165) is 25.1 Å². The van der Waals surface area contributed by atoms with Gasteiger partial charge in [0.1, 0.15) is 6.04 Å². The molecule has 1 atom stereocenters. The van der Waals surface area contributed by atoms with Gasteiger partial charge in [-0.2, -0.15) is 0 Å². The molecular weight excluding hydrogens is 404 g/mol. The molecule has 2 aliphatic rings. The first-order valence-corrected chi connectivity index (χ1v) is 11.3. The van der Waals surface area contributed by atoms with Crippen molar-refractivity contribution in [2.75, 3.05) is 23.3 Å². The van der Waals surface area contributed by atoms with Crippen molar-refractivity contribution in [1.29, 1.82) is 0 Å². The van der Waals surface area contributed by atoms with E-state index in [4.69, 9.17) is 0 Å². The van der Waals surface area contributed by atoms with Crippen LogP contribution in [0.25, 0.3) is 0 Å². The monoisotopic (exact) mass is 434 g/mol. The van der Waals surface area contributed by atoms with Crippen LogP contribution in [0.2, 0.25) is 0 Å². The van der Waals surface area contributed by atoms with Crippen molar-refractivity contribution < 1.29 is 14.4 Å². The van der Waals surface area contributed by atoms with Gasteiger partial charge in [0.25, 0.3) is 5.91 Å². The molecule has 1 saturated carbocycles. The number of benzene rings is 2. The van der Waals surface area contributed by atoms with Crippen molar-refractivity contribution in [3.63, 3.8) is 0 Å². The van der Waals surface area contributed by atoms with E-state index in [1.807, 2.05) is 42.5 Å². The summed E-state index contributed by atoms with van der Waals surface area (Å²) in [6, 6.07) is 14.7. The Morgan fingerprint density at radius 3 is 2.41 bits per heavy atom. The van der Waals surface area contributed by atoms with Crippen molar-refractivity contribution in [2.45, 2.75) is 51.7 Å². The predicted molar refractivity (Wildman–Crippen MR) is 125 cm³/mol. The summed E-state index contributed by atoms with van der Waals surface area (Å²) in [5.41, 5.74) is 3.06. The second-order valence-corrected chi connectivity index (χ2v) is 8.63. The molecule has 2 aromatic carbocycles. The number of rotatable bonds is 8. The molecule has 32 heavy (non-hydrogen) atoms. The van der Waals surface area contributed by atoms with Gasteiger partial charge < -0.3 is 20.4 Å². The molecule has 7 heteroatoms. The lowest BCUT2D eigenvalue weighted by atomic mass is 10.0. The van der Waals surface area contributed by atoms with Crippen LogP contribution in [0.4, 0.5) is 11.4 Å². The molecule has 1 fully saturated rings. The maximum absolute atomic E-state index is 13.0. The second-order valence-electron chi connectivity index (χ2n) is 8.63. The number of nitrogens with zero attached hydrogens (tertiary/aromatic N) is 2. The number of carbonyl (C=O) groups is 3. The van der Waals surface area contributed by atoms with Gasteiger partial charge in [-0.3, -0.25) is 14.4 Å². The summed E-state index contributed by atoms with van der Waals surface area (Å²) in [6.07, 6.45) is 1.82. The van der Waals surface area contributed by atoms with Crippen LogP contribution in [0.1, 0.15) is 55.6 Å². The van der Waals surface area contributed by atoms with Crippen molar-refractivity contribution in [3.8, 4) is 0 Å². The van der Waals surface area contributed by atoms with E-state index in [1.165, 1.54) is 0 Å². The van der Waals surface area contributed by atoms with Crippen LogP contribution >= 0.6 is 0 Å². The van der Waals surface area contributed by atoms with Crippen molar-refractivity contribution in [3.05, 3.63) is 59.7 Å². The van der Waals surface area contributed by atoms with Gasteiger partial charge in [0.15, 0.2) is 0 Å². The number of anilines is 2. The number of carbonyl (C=O) groups excluding carboxylic acids is 3. The minimum atomic E-state index is -0.672. The fourth-order valence-corrected chi connectivity index (χ4v) is 4.38. The molecule has 1 aliphatic carbocycles. The maximum atomic E-state index is 13.0. The number of hydrogen-bond acceptors (Lipinski definition) is 4. The van der Waals surface area contributed by atoms with Gasteiger partial charge in [0.2, 0.25) is 11.8 Å². The lowest BCUT2D eigenvalue weighted by Gasteiger charge is -2.27. The number of nitrogens with one attached hydrogen (secondary N) is 2. The van der Waals surface area contributed by atoms with Crippen LogP contribution < -0.4 is 15.5 Å². The summed E-state index contributed by atoms with van der Waals surface area (Å²) in [5.74, 6) is -0.732. The van der Waals surface area contributed by atoms with Crippen LogP contribution in [0.5, 0.6) is 0 Å². The third kappa shape index (κ3) is 4.33. The molecule has 2 aromatic rings. The molecule has 1 heterocycles. The molecule has 4 rings (SSSR count). The van der Waals surface area contributed by atoms with Gasteiger partial charge in [-0.15, -0.1) is 0 Å². The zero-order valence-electron chi connectivity index (χ0n) is 18.8. The van der Waals surface area contributed by atoms with E-state index in [-0.39, 0.29) is 30.3 Å². The van der Waals surface area contributed by atoms with Crippen LogP contribution in [0.15, 0.2) is 48.5 Å². The zero-order chi connectivity index (χ0) is 22.8. The topological polar surface area (TPSA) is 81.8 Å². The van der Waals surface area contributed by atoms with E-state index < -0.39 is 6.04 Å². The molecule has 0 spiro atoms. The maximum Gasteiger partial charge on any atom is 0.255 e. The van der Waals surface area contributed by atoms with E-state index in [0.29, 0.717) is 22.9 Å². The first-order chi connectivity index (χ1) is 15.4. The Kier molecular flexibility index (Phi) is 6.17. The SMILES string of the molecule is CCN(c1ccc(NC(=O)CNC(=O)C2c3ccccc3C(=O)N2C2CC2)cc1)C(C)C. The summed E-state index contributed by atoms with van der Waals surface area (Å²) >= 11 is 0. The first kappa shape index (κ1) is 21.9. The highest BCUT2D eigenvalue weighted by Crippen LogP contribution is 2.41. The fourth-order valence-electron chi connectivity index (χ4n) is 4.38. The van der Waals surface area contributed by atoms with Gasteiger partial charge >= 0.3 is 0 Å². The highest BCUT2D eigenvalue weighted by atomic mass is 16.2. The average molecular weight is 435 g/mol. The van der Waals surface area contributed by atoms with E-state index in [9.17, 15) is 14.4 Å². The van der Waals surface area contributed by atoms with Crippen molar-refractivity contribution in [1.82, 2.24) is 10.2 Å². The third-order valence-electron chi connectivity index (χ3n) is 6.06. The Morgan fingerprint density at radius 1 is 1.09 bits per heavy atom. The molecule has 7 nitrogen and oxygen atoms in total. The van der Waals surface area contributed by atoms with Crippen LogP contribution in [0, 0.1) is 0 Å². The summed E-state index contributed by atoms with van der Waals surface area (Å²) in [4.78, 5) is 42.1. The zero-order valence-corrected chi connectivity index (χ0v) is 18.8. The highest BCUT2D eigenvalue weighted by Gasteiger charge is 2.47. The summed E-state index contributed by atoms with van der Waals surface area (Å²) in [7, 11) is 0. The van der Waals surface area contributed by atoms with Gasteiger partial charge in [-0.1, -0.05) is 18.2 Å². The number of fused-ring (bicyclic) bond motifs is 1. The number of hydrogen-bond donors (Lipinski definition) is 2. The number of amides is 3. The smallest absolute Gasteiger partial charge is 0.255 e. The molecule has 1 unspecified atom stereocenters. The van der Waals surface area contributed by atoms with Crippen LogP contribution in [-0.4, -0.2) is 47.8 Å². The van der Waals surface area contributed by atoms with Gasteiger partial charge in [-0.25, -0.2) is 0 Å². The Balaban J connectivity index is 1.37. The molecule has 2 N–H and O–H groups in total. The summed E-state index contributed by atoms with van der Waals surface area (Å²) < 4.78 is 0. The van der Waals surface area contributed by atoms with E-state index in [2.05, 4.69) is 36.3 Å². The van der Waals surface area contributed by atoms with E-state index >= 15 is 0 Å². The lowest BCUT2D eigenvalue weighted by molar-refractivity contribution is -0.127. The van der Waals surface area contributed by atoms with Crippen molar-refractivity contribution in [2.24, 2.45) is 0 Å². The molecule has 3 amide bonds. The summed E-state index contributed by atoms with van der Waals surface area (Å²) in [5, 5.41) is 5.54. The highest BCUT2D eigenvalue weighted by molar-refractivity contribution is 6.05. The minimum absolute atomic E-state index is 0.102. The quantitative estimate of drug-likeness (QED) is 0.668. The van der Waals surface area contributed by atoms with Gasteiger partial charge in [0.05, 0.1) is 6.54 Å². The Labute approximate surface area is 188 Å². The minimum Gasteiger partial charge on any atom is -0.369 e. The van der Waals surface area contributed by atoms with Crippen LogP contribution in [-0.2, 0) is 9.59 Å². The van der Waals surface area contributed by atoms with Crippen LogP contribution in [0.3, 0.4) is 0 Å². The Hall–Kier alpha value is -3.35. The fraction of sp³-hybridized carbons (Fsp3) is 0.400. The predicted octanol–water partition coefficient (Wildman–Crippen LogP) is 3.34. The lowest BCUT2D eigenvalue weighted by Crippen LogP contribution is -2.42. The standard InChI is InChI=1S/C25H30N4O3/c1-4-28(16(2)3)18-11-9-17(10-12-18)27-22(30)15-26-24(31)23-20-7-5-6-8-21(20)25(32)29(23)19-13-14-19/h5-12,16,19,23H,4,13-15H2,1-3H3,(H,26,31)(H,27,30). The van der Waals surface area contributed by atoms with Gasteiger partial charge in [0, 0.05) is 35.6 Å². The van der Waals surface area contributed by atoms with Gasteiger partial charge in [-0.05, 0) is 69.5 Å². The average Bonchev–Trinajstić information content (AvgIpc) is 3.57. The Bertz CT molecular complexity index is 1010. The molecule has 0 bridgehead atoms. The molecule has 0 aromatic heterocycles. The second kappa shape index (κ2) is 9.02. The summed E-state index contributed by atoms with van der Waals surface area (Å²) in [6.45, 7) is 7.14. The Morgan fingerprint density at radius 2 is 1.78 bits per heavy atom. The molecule has 168 valence electrons. The molecule has 0 radical (unpaired) electrons. The molecule has 1 aliphatic heterocycles.